The Kier molecular flexibility index (Phi) is 3.37. The van der Waals surface area contributed by atoms with Crippen molar-refractivity contribution in [1.82, 2.24) is 4.90 Å². The van der Waals surface area contributed by atoms with Crippen molar-refractivity contribution in [2.24, 2.45) is 5.73 Å². The lowest BCUT2D eigenvalue weighted by atomic mass is 9.91. The van der Waals surface area contributed by atoms with Crippen LogP contribution in [0.3, 0.4) is 0 Å². The van der Waals surface area contributed by atoms with Gasteiger partial charge in [-0.1, -0.05) is 30.3 Å². The lowest BCUT2D eigenvalue weighted by Crippen LogP contribution is -2.51. The van der Waals surface area contributed by atoms with Gasteiger partial charge in [-0.3, -0.25) is 4.90 Å². The molecule has 0 amide bonds. The average Bonchev–Trinajstić information content (AvgIpc) is 2.62. The van der Waals surface area contributed by atoms with E-state index in [1.54, 1.807) is 0 Å². The molecule has 3 rings (SSSR count). The average molecular weight is 260 g/mol. The molecule has 104 valence electrons. The van der Waals surface area contributed by atoms with Crippen LogP contribution in [-0.4, -0.2) is 34.7 Å². The van der Waals surface area contributed by atoms with E-state index in [1.165, 1.54) is 12.8 Å². The Morgan fingerprint density at radius 2 is 1.79 bits per heavy atom. The molecule has 3 N–H and O–H groups in total. The van der Waals surface area contributed by atoms with Gasteiger partial charge in [-0.15, -0.1) is 0 Å². The van der Waals surface area contributed by atoms with Crippen molar-refractivity contribution in [1.29, 1.82) is 0 Å². The number of nitrogens with two attached hydrogens (primary N) is 1. The summed E-state index contributed by atoms with van der Waals surface area (Å²) in [5.74, 6) is 0. The summed E-state index contributed by atoms with van der Waals surface area (Å²) in [5.41, 5.74) is 6.33. The predicted octanol–water partition coefficient (Wildman–Crippen LogP) is 1.85. The number of fused-ring (bicyclic) bond motifs is 2. The fourth-order valence-corrected chi connectivity index (χ4v) is 3.82. The number of rotatable bonds is 3. The van der Waals surface area contributed by atoms with Gasteiger partial charge in [0, 0.05) is 24.7 Å². The first-order valence-electron chi connectivity index (χ1n) is 7.35. The Morgan fingerprint density at radius 3 is 2.37 bits per heavy atom. The monoisotopic (exact) mass is 260 g/mol. The van der Waals surface area contributed by atoms with Crippen molar-refractivity contribution in [3.05, 3.63) is 35.9 Å². The number of nitrogens with zero attached hydrogens (tertiary/aromatic N) is 1. The Balaban J connectivity index is 1.75. The summed E-state index contributed by atoms with van der Waals surface area (Å²) in [7, 11) is 0. The third-order valence-corrected chi connectivity index (χ3v) is 4.81. The first kappa shape index (κ1) is 13.1. The van der Waals surface area contributed by atoms with Gasteiger partial charge in [0.25, 0.3) is 0 Å². The van der Waals surface area contributed by atoms with Crippen molar-refractivity contribution in [2.75, 3.05) is 6.54 Å². The largest absolute Gasteiger partial charge is 0.384 e. The van der Waals surface area contributed by atoms with E-state index in [2.05, 4.69) is 4.90 Å². The molecule has 2 fully saturated rings. The molecular formula is C16H24N2O. The zero-order chi connectivity index (χ0) is 13.5. The number of hydrogen-bond donors (Lipinski definition) is 2. The van der Waals surface area contributed by atoms with Gasteiger partial charge in [0.05, 0.1) is 5.60 Å². The minimum atomic E-state index is -0.774. The molecule has 3 unspecified atom stereocenters. The van der Waals surface area contributed by atoms with Crippen LogP contribution in [0.1, 0.15) is 38.2 Å². The summed E-state index contributed by atoms with van der Waals surface area (Å²) >= 11 is 0. The second-order valence-electron chi connectivity index (χ2n) is 6.43. The maximum Gasteiger partial charge on any atom is 0.0995 e. The molecule has 2 heterocycles. The molecule has 2 bridgehead atoms. The Morgan fingerprint density at radius 1 is 1.21 bits per heavy atom. The van der Waals surface area contributed by atoms with Gasteiger partial charge < -0.3 is 10.8 Å². The molecule has 2 saturated heterocycles. The van der Waals surface area contributed by atoms with Crippen molar-refractivity contribution in [2.45, 2.75) is 56.3 Å². The number of aliphatic hydroxyl groups is 1. The van der Waals surface area contributed by atoms with E-state index < -0.39 is 5.60 Å². The second-order valence-corrected chi connectivity index (χ2v) is 6.43. The van der Waals surface area contributed by atoms with Crippen LogP contribution < -0.4 is 5.73 Å². The molecule has 1 aromatic carbocycles. The van der Waals surface area contributed by atoms with E-state index in [0.29, 0.717) is 18.1 Å². The van der Waals surface area contributed by atoms with Crippen LogP contribution in [0.4, 0.5) is 0 Å². The van der Waals surface area contributed by atoms with E-state index in [-0.39, 0.29) is 0 Å². The van der Waals surface area contributed by atoms with Gasteiger partial charge in [-0.05, 0) is 38.2 Å². The molecule has 2 aliphatic heterocycles. The van der Waals surface area contributed by atoms with Gasteiger partial charge in [0.2, 0.25) is 0 Å². The van der Waals surface area contributed by atoms with Crippen LogP contribution in [-0.2, 0) is 5.60 Å². The summed E-state index contributed by atoms with van der Waals surface area (Å²) < 4.78 is 0. The quantitative estimate of drug-likeness (QED) is 0.872. The number of benzene rings is 1. The zero-order valence-electron chi connectivity index (χ0n) is 11.6. The van der Waals surface area contributed by atoms with E-state index in [4.69, 9.17) is 5.73 Å². The second kappa shape index (κ2) is 4.89. The Bertz CT molecular complexity index is 418. The third-order valence-electron chi connectivity index (χ3n) is 4.81. The van der Waals surface area contributed by atoms with E-state index in [9.17, 15) is 5.11 Å². The van der Waals surface area contributed by atoms with Gasteiger partial charge in [0.1, 0.15) is 0 Å². The lowest BCUT2D eigenvalue weighted by Gasteiger charge is -2.41. The molecule has 0 radical (unpaired) electrons. The minimum absolute atomic E-state index is 0.357. The first-order chi connectivity index (χ1) is 9.06. The normalized spacial score (nSPS) is 34.2. The standard InChI is InChI=1S/C16H24N2O/c1-16(19,12-5-3-2-4-6-12)11-18-14-7-8-15(18)10-13(17)9-14/h2-6,13-15,19H,7-11,17H2,1H3. The Labute approximate surface area is 115 Å². The zero-order valence-corrected chi connectivity index (χ0v) is 11.6. The highest BCUT2D eigenvalue weighted by molar-refractivity contribution is 5.22. The maximum absolute atomic E-state index is 10.8. The highest BCUT2D eigenvalue weighted by Gasteiger charge is 2.42. The molecule has 0 aromatic heterocycles. The fraction of sp³-hybridized carbons (Fsp3) is 0.625. The van der Waals surface area contributed by atoms with Crippen LogP contribution in [0.2, 0.25) is 0 Å². The van der Waals surface area contributed by atoms with Crippen molar-refractivity contribution in [3.8, 4) is 0 Å². The number of hydrogen-bond acceptors (Lipinski definition) is 3. The van der Waals surface area contributed by atoms with Crippen LogP contribution in [0, 0.1) is 0 Å². The molecule has 3 atom stereocenters. The van der Waals surface area contributed by atoms with Crippen molar-refractivity contribution >= 4 is 0 Å². The highest BCUT2D eigenvalue weighted by Crippen LogP contribution is 2.37. The fourth-order valence-electron chi connectivity index (χ4n) is 3.82. The van der Waals surface area contributed by atoms with Gasteiger partial charge in [0.15, 0.2) is 0 Å². The predicted molar refractivity (Wildman–Crippen MR) is 76.7 cm³/mol. The van der Waals surface area contributed by atoms with Crippen molar-refractivity contribution in [3.63, 3.8) is 0 Å². The lowest BCUT2D eigenvalue weighted by molar-refractivity contribution is -0.0131. The van der Waals surface area contributed by atoms with E-state index in [0.717, 1.165) is 24.9 Å². The SMILES string of the molecule is CC(O)(CN1C2CCC1CC(N)C2)c1ccccc1. The van der Waals surface area contributed by atoms with E-state index in [1.807, 2.05) is 37.3 Å². The van der Waals surface area contributed by atoms with Crippen LogP contribution in [0.5, 0.6) is 0 Å². The minimum Gasteiger partial charge on any atom is -0.384 e. The molecule has 19 heavy (non-hydrogen) atoms. The van der Waals surface area contributed by atoms with Gasteiger partial charge >= 0.3 is 0 Å². The van der Waals surface area contributed by atoms with Gasteiger partial charge in [-0.25, -0.2) is 0 Å². The maximum atomic E-state index is 10.8. The number of piperidine rings is 1. The third kappa shape index (κ3) is 2.55. The van der Waals surface area contributed by atoms with Crippen LogP contribution >= 0.6 is 0 Å². The molecule has 0 aliphatic carbocycles. The smallest absolute Gasteiger partial charge is 0.0995 e. The molecular weight excluding hydrogens is 236 g/mol. The summed E-state index contributed by atoms with van der Waals surface area (Å²) in [6.45, 7) is 2.65. The topological polar surface area (TPSA) is 49.5 Å². The Hall–Kier alpha value is -0.900. The summed E-state index contributed by atoms with van der Waals surface area (Å²) in [5, 5.41) is 10.8. The summed E-state index contributed by atoms with van der Waals surface area (Å²) in [6.07, 6.45) is 4.65. The molecule has 0 saturated carbocycles. The van der Waals surface area contributed by atoms with Crippen LogP contribution in [0.25, 0.3) is 0 Å². The highest BCUT2D eigenvalue weighted by atomic mass is 16.3. The summed E-state index contributed by atoms with van der Waals surface area (Å²) in [4.78, 5) is 2.50. The molecule has 0 spiro atoms. The van der Waals surface area contributed by atoms with Crippen LogP contribution in [0.15, 0.2) is 30.3 Å². The van der Waals surface area contributed by atoms with Gasteiger partial charge in [-0.2, -0.15) is 0 Å². The molecule has 3 nitrogen and oxygen atoms in total. The van der Waals surface area contributed by atoms with Crippen molar-refractivity contribution < 1.29 is 5.11 Å². The first-order valence-corrected chi connectivity index (χ1v) is 7.35. The van der Waals surface area contributed by atoms with E-state index >= 15 is 0 Å². The summed E-state index contributed by atoms with van der Waals surface area (Å²) in [6, 6.07) is 11.5. The molecule has 2 aliphatic rings. The molecule has 3 heteroatoms. The molecule has 1 aromatic rings.